The first-order valence-electron chi connectivity index (χ1n) is 12.4. The Bertz CT molecular complexity index is 818. The van der Waals surface area contributed by atoms with Crippen molar-refractivity contribution in [3.05, 3.63) is 59.7 Å². The number of allylic oxidation sites excluding steroid dienone is 4. The van der Waals surface area contributed by atoms with Crippen LogP contribution in [0.4, 0.5) is 0 Å². The predicted octanol–water partition coefficient (Wildman–Crippen LogP) is 5.56. The molecule has 0 N–H and O–H groups in total. The smallest absolute Gasteiger partial charge is 0.317 e. The van der Waals surface area contributed by atoms with E-state index in [9.17, 15) is 9.59 Å². The van der Waals surface area contributed by atoms with Crippen molar-refractivity contribution in [2.24, 2.45) is 0 Å². The van der Waals surface area contributed by atoms with E-state index in [4.69, 9.17) is 9.47 Å². The lowest BCUT2D eigenvalue weighted by Gasteiger charge is -2.36. The maximum Gasteiger partial charge on any atom is 0.317 e. The number of rotatable bonds is 11. The second-order valence-corrected chi connectivity index (χ2v) is 9.42. The third-order valence-electron chi connectivity index (χ3n) is 7.02. The van der Waals surface area contributed by atoms with Crippen LogP contribution in [-0.4, -0.2) is 48.7 Å². The second kappa shape index (κ2) is 12.7. The zero-order valence-corrected chi connectivity index (χ0v) is 20.4. The minimum atomic E-state index is -0.592. The monoisotopic (exact) mass is 453 g/mol. The summed E-state index contributed by atoms with van der Waals surface area (Å²) in [6.07, 6.45) is 13.4. The number of piperidine rings is 1. The molecular weight excluding hydrogens is 414 g/mol. The summed E-state index contributed by atoms with van der Waals surface area (Å²) in [5, 5.41) is 0. The molecule has 2 saturated heterocycles. The van der Waals surface area contributed by atoms with Crippen LogP contribution in [0.1, 0.15) is 76.7 Å². The SMILES string of the molecule is C/C=C/CC/C(C)=C/CCC(=O)OCC(C(=O)OC1C[C@H]2CC[C@@H](C1)N2C)c1ccccc1. The zero-order valence-electron chi connectivity index (χ0n) is 20.4. The molecule has 2 heterocycles. The van der Waals surface area contributed by atoms with E-state index < -0.39 is 5.92 Å². The number of nitrogens with zero attached hydrogens (tertiary/aromatic N) is 1. The lowest BCUT2D eigenvalue weighted by molar-refractivity contribution is -0.157. The van der Waals surface area contributed by atoms with Crippen LogP contribution in [-0.2, 0) is 19.1 Å². The second-order valence-electron chi connectivity index (χ2n) is 9.42. The molecule has 0 aliphatic carbocycles. The summed E-state index contributed by atoms with van der Waals surface area (Å²) in [5.74, 6) is -1.16. The third-order valence-corrected chi connectivity index (χ3v) is 7.02. The molecular formula is C28H39NO4. The Morgan fingerprint density at radius 2 is 1.79 bits per heavy atom. The highest BCUT2D eigenvalue weighted by molar-refractivity contribution is 5.79. The molecule has 2 fully saturated rings. The van der Waals surface area contributed by atoms with E-state index in [2.05, 4.69) is 37.1 Å². The summed E-state index contributed by atoms with van der Waals surface area (Å²) in [5.41, 5.74) is 2.10. The van der Waals surface area contributed by atoms with Crippen LogP contribution in [0.2, 0.25) is 0 Å². The third kappa shape index (κ3) is 7.56. The standard InChI is InChI=1S/C28H39NO4/c1-4-5-7-11-21(2)12-10-15-27(30)32-20-26(22-13-8-6-9-14-22)28(31)33-25-18-23-16-17-24(19-25)29(23)3/h4-6,8-9,12-14,23-26H,7,10-11,15-20H2,1-3H3/b5-4+,21-12+/t23-,24+,25?,26?. The first-order chi connectivity index (χ1) is 16.0. The quantitative estimate of drug-likeness (QED) is 0.324. The Labute approximate surface area is 198 Å². The topological polar surface area (TPSA) is 55.8 Å². The summed E-state index contributed by atoms with van der Waals surface area (Å²) < 4.78 is 11.5. The van der Waals surface area contributed by atoms with E-state index in [1.165, 1.54) is 18.4 Å². The molecule has 2 unspecified atom stereocenters. The van der Waals surface area contributed by atoms with E-state index in [1.807, 2.05) is 37.3 Å². The Kier molecular flexibility index (Phi) is 9.74. The highest BCUT2D eigenvalue weighted by atomic mass is 16.6. The molecule has 4 atom stereocenters. The van der Waals surface area contributed by atoms with Gasteiger partial charge in [-0.25, -0.2) is 0 Å². The van der Waals surface area contributed by atoms with E-state index >= 15 is 0 Å². The molecule has 2 aliphatic heterocycles. The van der Waals surface area contributed by atoms with E-state index in [-0.39, 0.29) is 24.6 Å². The number of benzene rings is 1. The van der Waals surface area contributed by atoms with Gasteiger partial charge in [0.25, 0.3) is 0 Å². The molecule has 0 radical (unpaired) electrons. The van der Waals surface area contributed by atoms with Crippen LogP contribution < -0.4 is 0 Å². The first-order valence-corrected chi connectivity index (χ1v) is 12.4. The van der Waals surface area contributed by atoms with Crippen LogP contribution in [0, 0.1) is 0 Å². The van der Waals surface area contributed by atoms with Gasteiger partial charge in [0.2, 0.25) is 0 Å². The highest BCUT2D eigenvalue weighted by Gasteiger charge is 2.40. The number of hydrogen-bond donors (Lipinski definition) is 0. The minimum Gasteiger partial charge on any atom is -0.464 e. The number of carbonyl (C=O) groups is 2. The van der Waals surface area contributed by atoms with Gasteiger partial charge in [-0.15, -0.1) is 0 Å². The fourth-order valence-electron chi connectivity index (χ4n) is 4.95. The molecule has 5 heteroatoms. The van der Waals surface area contributed by atoms with Gasteiger partial charge in [-0.1, -0.05) is 54.1 Å². The molecule has 0 amide bonds. The lowest BCUT2D eigenvalue weighted by Crippen LogP contribution is -2.44. The van der Waals surface area contributed by atoms with Gasteiger partial charge in [-0.3, -0.25) is 9.59 Å². The van der Waals surface area contributed by atoms with Crippen molar-refractivity contribution in [1.82, 2.24) is 4.90 Å². The average molecular weight is 454 g/mol. The largest absolute Gasteiger partial charge is 0.464 e. The van der Waals surface area contributed by atoms with Crippen molar-refractivity contribution in [3.8, 4) is 0 Å². The molecule has 1 aromatic rings. The molecule has 3 rings (SSSR count). The Morgan fingerprint density at radius 3 is 2.45 bits per heavy atom. The molecule has 2 aliphatic rings. The maximum absolute atomic E-state index is 13.1. The molecule has 0 saturated carbocycles. The van der Waals surface area contributed by atoms with Gasteiger partial charge < -0.3 is 14.4 Å². The van der Waals surface area contributed by atoms with E-state index in [0.717, 1.165) is 31.2 Å². The molecule has 33 heavy (non-hydrogen) atoms. The summed E-state index contributed by atoms with van der Waals surface area (Å²) in [7, 11) is 2.17. The number of esters is 2. The van der Waals surface area contributed by atoms with Gasteiger partial charge in [0.1, 0.15) is 18.6 Å². The van der Waals surface area contributed by atoms with Gasteiger partial charge in [0, 0.05) is 18.5 Å². The maximum atomic E-state index is 13.1. The van der Waals surface area contributed by atoms with Crippen molar-refractivity contribution in [2.75, 3.05) is 13.7 Å². The normalized spacial score (nSPS) is 24.1. The molecule has 0 spiro atoms. The Hall–Kier alpha value is -2.40. The Morgan fingerprint density at radius 1 is 1.09 bits per heavy atom. The van der Waals surface area contributed by atoms with Crippen LogP contribution in [0.25, 0.3) is 0 Å². The molecule has 5 nitrogen and oxygen atoms in total. The van der Waals surface area contributed by atoms with E-state index in [0.29, 0.717) is 24.9 Å². The molecule has 1 aromatic carbocycles. The minimum absolute atomic E-state index is 0.0190. The number of fused-ring (bicyclic) bond motifs is 2. The summed E-state index contributed by atoms with van der Waals surface area (Å²) in [4.78, 5) is 27.9. The van der Waals surface area contributed by atoms with Crippen molar-refractivity contribution in [1.29, 1.82) is 0 Å². The fraction of sp³-hybridized carbons (Fsp3) is 0.571. The molecule has 2 bridgehead atoms. The van der Waals surface area contributed by atoms with E-state index in [1.54, 1.807) is 0 Å². The van der Waals surface area contributed by atoms with Crippen molar-refractivity contribution < 1.29 is 19.1 Å². The first kappa shape index (κ1) is 25.2. The van der Waals surface area contributed by atoms with Crippen LogP contribution >= 0.6 is 0 Å². The van der Waals surface area contributed by atoms with Gasteiger partial charge >= 0.3 is 11.9 Å². The summed E-state index contributed by atoms with van der Waals surface area (Å²) in [6.45, 7) is 4.13. The van der Waals surface area contributed by atoms with Crippen LogP contribution in [0.3, 0.4) is 0 Å². The molecule has 0 aromatic heterocycles. The summed E-state index contributed by atoms with van der Waals surface area (Å²) >= 11 is 0. The Balaban J connectivity index is 1.51. The number of hydrogen-bond acceptors (Lipinski definition) is 5. The fourth-order valence-corrected chi connectivity index (χ4v) is 4.95. The number of carbonyl (C=O) groups excluding carboxylic acids is 2. The van der Waals surface area contributed by atoms with Crippen molar-refractivity contribution >= 4 is 11.9 Å². The van der Waals surface area contributed by atoms with Gasteiger partial charge in [0.15, 0.2) is 0 Å². The zero-order chi connectivity index (χ0) is 23.6. The van der Waals surface area contributed by atoms with Gasteiger partial charge in [0.05, 0.1) is 0 Å². The van der Waals surface area contributed by atoms with Gasteiger partial charge in [-0.2, -0.15) is 0 Å². The lowest BCUT2D eigenvalue weighted by atomic mass is 9.98. The molecule has 180 valence electrons. The van der Waals surface area contributed by atoms with Crippen LogP contribution in [0.15, 0.2) is 54.1 Å². The summed E-state index contributed by atoms with van der Waals surface area (Å²) in [6, 6.07) is 10.5. The average Bonchev–Trinajstić information content (AvgIpc) is 3.00. The van der Waals surface area contributed by atoms with Crippen LogP contribution in [0.5, 0.6) is 0 Å². The van der Waals surface area contributed by atoms with Gasteiger partial charge in [-0.05, 0) is 71.4 Å². The highest BCUT2D eigenvalue weighted by Crippen LogP contribution is 2.36. The van der Waals surface area contributed by atoms with Crippen molar-refractivity contribution in [2.45, 2.75) is 89.3 Å². The van der Waals surface area contributed by atoms with Crippen molar-refractivity contribution in [3.63, 3.8) is 0 Å². The predicted molar refractivity (Wildman–Crippen MR) is 131 cm³/mol. The number of ether oxygens (including phenoxy) is 2.